The number of ether oxygens (including phenoxy) is 2. The van der Waals surface area contributed by atoms with Gasteiger partial charge in [0.15, 0.2) is 0 Å². The normalized spacial score (nSPS) is 19.3. The summed E-state index contributed by atoms with van der Waals surface area (Å²) in [5, 5.41) is 3.25. The molecular formula is C16H32N2O3. The molecule has 1 rings (SSSR count). The van der Waals surface area contributed by atoms with E-state index in [-0.39, 0.29) is 12.0 Å². The van der Waals surface area contributed by atoms with Gasteiger partial charge in [-0.2, -0.15) is 0 Å². The molecule has 2 unspecified atom stereocenters. The van der Waals surface area contributed by atoms with Crippen molar-refractivity contribution in [3.05, 3.63) is 0 Å². The van der Waals surface area contributed by atoms with Gasteiger partial charge in [-0.25, -0.2) is 0 Å². The first-order chi connectivity index (χ1) is 9.92. The number of rotatable bonds is 11. The van der Waals surface area contributed by atoms with Crippen LogP contribution in [0.25, 0.3) is 0 Å². The van der Waals surface area contributed by atoms with Crippen LogP contribution in [0.15, 0.2) is 0 Å². The monoisotopic (exact) mass is 300 g/mol. The first kappa shape index (κ1) is 18.4. The van der Waals surface area contributed by atoms with Gasteiger partial charge in [-0.05, 0) is 52.6 Å². The standard InChI is InChI=1S/C16H32N2O3/c1-6-17-16(3,15(19)20-5)11-13(2)18(4)9-10-21-12-14-7-8-14/h13-14,17H,6-12H2,1-5H3. The second-order valence-electron chi connectivity index (χ2n) is 6.41. The molecule has 1 fully saturated rings. The summed E-state index contributed by atoms with van der Waals surface area (Å²) in [4.78, 5) is 14.2. The Hall–Kier alpha value is -0.650. The minimum Gasteiger partial charge on any atom is -0.468 e. The van der Waals surface area contributed by atoms with E-state index in [2.05, 4.69) is 24.2 Å². The van der Waals surface area contributed by atoms with Gasteiger partial charge in [0.2, 0.25) is 0 Å². The maximum Gasteiger partial charge on any atom is 0.325 e. The van der Waals surface area contributed by atoms with Crippen molar-refractivity contribution in [3.8, 4) is 0 Å². The molecule has 5 heteroatoms. The van der Waals surface area contributed by atoms with E-state index in [9.17, 15) is 4.79 Å². The number of likely N-dealkylation sites (N-methyl/N-ethyl adjacent to an activating group) is 2. The van der Waals surface area contributed by atoms with Crippen molar-refractivity contribution in [2.24, 2.45) is 5.92 Å². The van der Waals surface area contributed by atoms with Gasteiger partial charge < -0.3 is 19.7 Å². The van der Waals surface area contributed by atoms with E-state index in [1.165, 1.54) is 20.0 Å². The Kier molecular flexibility index (Phi) is 7.63. The fraction of sp³-hybridized carbons (Fsp3) is 0.938. The second-order valence-corrected chi connectivity index (χ2v) is 6.41. The Labute approximate surface area is 129 Å². The van der Waals surface area contributed by atoms with Crippen molar-refractivity contribution in [1.29, 1.82) is 0 Å². The van der Waals surface area contributed by atoms with E-state index in [4.69, 9.17) is 9.47 Å². The molecule has 1 N–H and O–H groups in total. The van der Waals surface area contributed by atoms with Crippen molar-refractivity contribution in [2.45, 2.75) is 51.6 Å². The van der Waals surface area contributed by atoms with Crippen LogP contribution in [0.1, 0.15) is 40.0 Å². The summed E-state index contributed by atoms with van der Waals surface area (Å²) in [5.41, 5.74) is -0.633. The molecule has 0 saturated heterocycles. The topological polar surface area (TPSA) is 50.8 Å². The third-order valence-electron chi connectivity index (χ3n) is 4.30. The molecule has 21 heavy (non-hydrogen) atoms. The Morgan fingerprint density at radius 3 is 2.67 bits per heavy atom. The van der Waals surface area contributed by atoms with Crippen molar-refractivity contribution >= 4 is 5.97 Å². The van der Waals surface area contributed by atoms with Crippen molar-refractivity contribution in [1.82, 2.24) is 10.2 Å². The van der Waals surface area contributed by atoms with Crippen LogP contribution in [-0.4, -0.2) is 62.9 Å². The molecule has 5 nitrogen and oxygen atoms in total. The summed E-state index contributed by atoms with van der Waals surface area (Å²) in [6.45, 7) is 9.34. The number of hydrogen-bond acceptors (Lipinski definition) is 5. The fourth-order valence-corrected chi connectivity index (χ4v) is 2.55. The van der Waals surface area contributed by atoms with Gasteiger partial charge in [0.25, 0.3) is 0 Å². The summed E-state index contributed by atoms with van der Waals surface area (Å²) in [7, 11) is 3.52. The molecule has 0 aliphatic heterocycles. The third-order valence-corrected chi connectivity index (χ3v) is 4.30. The van der Waals surface area contributed by atoms with E-state index in [1.54, 1.807) is 0 Å². The number of carbonyl (C=O) groups excluding carboxylic acids is 1. The predicted molar refractivity (Wildman–Crippen MR) is 84.3 cm³/mol. The average molecular weight is 300 g/mol. The lowest BCUT2D eigenvalue weighted by Gasteiger charge is -2.34. The number of esters is 1. The maximum atomic E-state index is 12.0. The molecule has 0 aromatic heterocycles. The van der Waals surface area contributed by atoms with Gasteiger partial charge in [0.05, 0.1) is 13.7 Å². The smallest absolute Gasteiger partial charge is 0.325 e. The Morgan fingerprint density at radius 1 is 1.48 bits per heavy atom. The van der Waals surface area contributed by atoms with E-state index >= 15 is 0 Å². The van der Waals surface area contributed by atoms with E-state index in [0.29, 0.717) is 6.42 Å². The highest BCUT2D eigenvalue weighted by atomic mass is 16.5. The molecule has 0 aromatic rings. The van der Waals surface area contributed by atoms with Crippen LogP contribution in [0.5, 0.6) is 0 Å². The SMILES string of the molecule is CCNC(C)(CC(C)N(C)CCOCC1CC1)C(=O)OC. The molecule has 1 aliphatic rings. The lowest BCUT2D eigenvalue weighted by molar-refractivity contribution is -0.148. The summed E-state index contributed by atoms with van der Waals surface area (Å²) in [6, 6.07) is 0.276. The van der Waals surface area contributed by atoms with Crippen LogP contribution >= 0.6 is 0 Å². The Balaban J connectivity index is 2.35. The van der Waals surface area contributed by atoms with Crippen LogP contribution in [0.2, 0.25) is 0 Å². The van der Waals surface area contributed by atoms with Gasteiger partial charge in [0.1, 0.15) is 5.54 Å². The minimum absolute atomic E-state index is 0.199. The van der Waals surface area contributed by atoms with E-state index < -0.39 is 5.54 Å². The van der Waals surface area contributed by atoms with Crippen LogP contribution < -0.4 is 5.32 Å². The predicted octanol–water partition coefficient (Wildman–Crippen LogP) is 1.66. The molecule has 1 saturated carbocycles. The third kappa shape index (κ3) is 6.32. The lowest BCUT2D eigenvalue weighted by Crippen LogP contribution is -2.53. The molecule has 0 bridgehead atoms. The van der Waals surface area contributed by atoms with Crippen LogP contribution in [0.3, 0.4) is 0 Å². The first-order valence-corrected chi connectivity index (χ1v) is 8.04. The van der Waals surface area contributed by atoms with Gasteiger partial charge in [-0.1, -0.05) is 6.92 Å². The lowest BCUT2D eigenvalue weighted by atomic mass is 9.93. The molecule has 0 aromatic carbocycles. The molecule has 1 aliphatic carbocycles. The van der Waals surface area contributed by atoms with Crippen LogP contribution in [0, 0.1) is 5.92 Å². The summed E-state index contributed by atoms with van der Waals surface area (Å²) in [6.07, 6.45) is 3.37. The minimum atomic E-state index is -0.633. The number of nitrogens with zero attached hydrogens (tertiary/aromatic N) is 1. The zero-order chi connectivity index (χ0) is 15.9. The van der Waals surface area contributed by atoms with Gasteiger partial charge in [0, 0.05) is 19.2 Å². The average Bonchev–Trinajstić information content (AvgIpc) is 3.26. The van der Waals surface area contributed by atoms with E-state index in [0.717, 1.165) is 32.2 Å². The number of methoxy groups -OCH3 is 1. The van der Waals surface area contributed by atoms with Crippen molar-refractivity contribution in [2.75, 3.05) is 40.5 Å². The maximum absolute atomic E-state index is 12.0. The van der Waals surface area contributed by atoms with E-state index in [1.807, 2.05) is 13.8 Å². The molecule has 2 atom stereocenters. The molecular weight excluding hydrogens is 268 g/mol. The molecule has 0 heterocycles. The summed E-state index contributed by atoms with van der Waals surface area (Å²) >= 11 is 0. The molecule has 0 radical (unpaired) electrons. The number of carbonyl (C=O) groups is 1. The largest absolute Gasteiger partial charge is 0.468 e. The zero-order valence-electron chi connectivity index (χ0n) is 14.3. The van der Waals surface area contributed by atoms with Crippen molar-refractivity contribution in [3.63, 3.8) is 0 Å². The number of hydrogen-bond donors (Lipinski definition) is 1. The number of nitrogens with one attached hydrogen (secondary N) is 1. The molecule has 124 valence electrons. The first-order valence-electron chi connectivity index (χ1n) is 8.04. The summed E-state index contributed by atoms with van der Waals surface area (Å²) in [5.74, 6) is 0.610. The molecule has 0 amide bonds. The van der Waals surface area contributed by atoms with Crippen LogP contribution in [-0.2, 0) is 14.3 Å². The molecule has 0 spiro atoms. The Bertz CT molecular complexity index is 321. The quantitative estimate of drug-likeness (QED) is 0.464. The highest BCUT2D eigenvalue weighted by molar-refractivity contribution is 5.80. The Morgan fingerprint density at radius 2 is 2.14 bits per heavy atom. The van der Waals surface area contributed by atoms with Gasteiger partial charge >= 0.3 is 5.97 Å². The van der Waals surface area contributed by atoms with Crippen LogP contribution in [0.4, 0.5) is 0 Å². The highest BCUT2D eigenvalue weighted by Gasteiger charge is 2.35. The summed E-state index contributed by atoms with van der Waals surface area (Å²) < 4.78 is 10.6. The van der Waals surface area contributed by atoms with Gasteiger partial charge in [-0.3, -0.25) is 4.79 Å². The second kappa shape index (κ2) is 8.71. The van der Waals surface area contributed by atoms with Gasteiger partial charge in [-0.15, -0.1) is 0 Å². The fourth-order valence-electron chi connectivity index (χ4n) is 2.55. The highest BCUT2D eigenvalue weighted by Crippen LogP contribution is 2.28. The zero-order valence-corrected chi connectivity index (χ0v) is 14.3. The van der Waals surface area contributed by atoms with Crippen molar-refractivity contribution < 1.29 is 14.3 Å².